The number of thiophene rings is 1. The minimum absolute atomic E-state index is 0.247. The Morgan fingerprint density at radius 1 is 1.08 bits per heavy atom. The molecule has 0 radical (unpaired) electrons. The Morgan fingerprint density at radius 3 is 2.56 bits per heavy atom. The Labute approximate surface area is 153 Å². The first-order valence-corrected chi connectivity index (χ1v) is 10.00. The summed E-state index contributed by atoms with van der Waals surface area (Å²) in [4.78, 5) is 18.3. The summed E-state index contributed by atoms with van der Waals surface area (Å²) in [5.74, 6) is 0.894. The molecule has 2 heterocycles. The fourth-order valence-electron chi connectivity index (χ4n) is 3.39. The van der Waals surface area contributed by atoms with Crippen molar-refractivity contribution in [3.63, 3.8) is 0 Å². The summed E-state index contributed by atoms with van der Waals surface area (Å²) >= 11 is 1.62. The van der Waals surface area contributed by atoms with E-state index in [0.717, 1.165) is 37.6 Å². The quantitative estimate of drug-likeness (QED) is 0.809. The lowest BCUT2D eigenvalue weighted by molar-refractivity contribution is 0.0654. The van der Waals surface area contributed by atoms with E-state index in [-0.39, 0.29) is 5.91 Å². The summed E-state index contributed by atoms with van der Waals surface area (Å²) < 4.78 is 0. The summed E-state index contributed by atoms with van der Waals surface area (Å²) in [5.41, 5.74) is 2.53. The fourth-order valence-corrected chi connectivity index (χ4v) is 4.34. The Kier molecular flexibility index (Phi) is 4.99. The molecule has 3 nitrogen and oxygen atoms in total. The average Bonchev–Trinajstić information content (AvgIpc) is 3.39. The van der Waals surface area contributed by atoms with E-state index in [9.17, 15) is 4.79 Å². The van der Waals surface area contributed by atoms with Crippen LogP contribution in [-0.2, 0) is 0 Å². The van der Waals surface area contributed by atoms with E-state index in [1.807, 2.05) is 11.0 Å². The summed E-state index contributed by atoms with van der Waals surface area (Å²) in [6, 6.07) is 12.5. The van der Waals surface area contributed by atoms with Gasteiger partial charge in [0, 0.05) is 32.7 Å². The lowest BCUT2D eigenvalue weighted by Crippen LogP contribution is -2.48. The standard InChI is InChI=1S/C21H24N2OS/c24-21(20-19(10-16-25-20)18-8-9-18)23-14-12-22(13-15-23)11-4-7-17-5-2-1-3-6-17/h1-7,10,16,18H,8-9,11-15H2/b7-4+. The van der Waals surface area contributed by atoms with Gasteiger partial charge >= 0.3 is 0 Å². The fraction of sp³-hybridized carbons (Fsp3) is 0.381. The number of amides is 1. The predicted molar refractivity (Wildman–Crippen MR) is 104 cm³/mol. The van der Waals surface area contributed by atoms with Crippen molar-refractivity contribution in [3.05, 3.63) is 63.9 Å². The van der Waals surface area contributed by atoms with Crippen LogP contribution in [0.15, 0.2) is 47.9 Å². The third-order valence-corrected chi connectivity index (χ3v) is 5.96. The van der Waals surface area contributed by atoms with E-state index in [0.29, 0.717) is 5.92 Å². The number of carbonyl (C=O) groups is 1. The Hall–Kier alpha value is -1.91. The first-order chi connectivity index (χ1) is 12.3. The van der Waals surface area contributed by atoms with E-state index in [4.69, 9.17) is 0 Å². The number of rotatable bonds is 5. The lowest BCUT2D eigenvalue weighted by Gasteiger charge is -2.34. The van der Waals surface area contributed by atoms with Crippen LogP contribution in [0.4, 0.5) is 0 Å². The SMILES string of the molecule is O=C(c1sccc1C1CC1)N1CCN(C/C=C/c2ccccc2)CC1. The van der Waals surface area contributed by atoms with Crippen LogP contribution in [-0.4, -0.2) is 48.4 Å². The first-order valence-electron chi connectivity index (χ1n) is 9.12. The molecule has 1 aliphatic heterocycles. The molecule has 1 aromatic carbocycles. The van der Waals surface area contributed by atoms with E-state index >= 15 is 0 Å². The molecule has 0 spiro atoms. The molecule has 1 aromatic heterocycles. The van der Waals surface area contributed by atoms with Crippen molar-refractivity contribution in [1.29, 1.82) is 0 Å². The number of piperazine rings is 1. The second-order valence-corrected chi connectivity index (χ2v) is 7.80. The van der Waals surface area contributed by atoms with Gasteiger partial charge in [0.2, 0.25) is 0 Å². The van der Waals surface area contributed by atoms with Crippen LogP contribution in [0.1, 0.15) is 39.6 Å². The molecule has 4 heteroatoms. The number of hydrogen-bond acceptors (Lipinski definition) is 3. The summed E-state index contributed by atoms with van der Waals surface area (Å²) in [7, 11) is 0. The molecule has 2 aromatic rings. The van der Waals surface area contributed by atoms with Crippen molar-refractivity contribution in [2.24, 2.45) is 0 Å². The number of nitrogens with zero attached hydrogens (tertiary/aromatic N) is 2. The predicted octanol–water partition coefficient (Wildman–Crippen LogP) is 4.10. The van der Waals surface area contributed by atoms with Crippen molar-refractivity contribution in [1.82, 2.24) is 9.80 Å². The first kappa shape index (κ1) is 16.6. The maximum absolute atomic E-state index is 12.8. The number of carbonyl (C=O) groups excluding carboxylic acids is 1. The molecule has 1 aliphatic carbocycles. The van der Waals surface area contributed by atoms with Gasteiger partial charge in [-0.1, -0.05) is 42.5 Å². The molecule has 25 heavy (non-hydrogen) atoms. The number of benzene rings is 1. The largest absolute Gasteiger partial charge is 0.335 e. The molecule has 0 bridgehead atoms. The normalized spacial score (nSPS) is 18.8. The topological polar surface area (TPSA) is 23.6 Å². The zero-order chi connectivity index (χ0) is 17.1. The number of hydrogen-bond donors (Lipinski definition) is 0. The average molecular weight is 353 g/mol. The molecule has 0 unspecified atom stereocenters. The molecular weight excluding hydrogens is 328 g/mol. The van der Waals surface area contributed by atoms with Gasteiger partial charge in [-0.15, -0.1) is 11.3 Å². The third kappa shape index (κ3) is 4.02. The molecule has 2 aliphatic rings. The molecule has 2 fully saturated rings. The van der Waals surface area contributed by atoms with Crippen molar-refractivity contribution in [3.8, 4) is 0 Å². The highest BCUT2D eigenvalue weighted by Gasteiger charge is 2.31. The summed E-state index contributed by atoms with van der Waals surface area (Å²) in [5, 5.41) is 2.07. The van der Waals surface area contributed by atoms with Crippen LogP contribution >= 0.6 is 11.3 Å². The maximum Gasteiger partial charge on any atom is 0.264 e. The van der Waals surface area contributed by atoms with Crippen LogP contribution in [0, 0.1) is 0 Å². The third-order valence-electron chi connectivity index (χ3n) is 5.04. The molecule has 0 atom stereocenters. The highest BCUT2D eigenvalue weighted by Crippen LogP contribution is 2.43. The van der Waals surface area contributed by atoms with Crippen LogP contribution in [0.2, 0.25) is 0 Å². The molecule has 1 amide bonds. The summed E-state index contributed by atoms with van der Waals surface area (Å²) in [6.45, 7) is 4.52. The van der Waals surface area contributed by atoms with Crippen LogP contribution in [0.5, 0.6) is 0 Å². The highest BCUT2D eigenvalue weighted by molar-refractivity contribution is 7.12. The zero-order valence-corrected chi connectivity index (χ0v) is 15.3. The maximum atomic E-state index is 12.8. The van der Waals surface area contributed by atoms with Crippen molar-refractivity contribution >= 4 is 23.3 Å². The van der Waals surface area contributed by atoms with Gasteiger partial charge in [-0.3, -0.25) is 9.69 Å². The second kappa shape index (κ2) is 7.54. The van der Waals surface area contributed by atoms with E-state index in [1.165, 1.54) is 24.0 Å². The van der Waals surface area contributed by atoms with Gasteiger partial charge in [0.25, 0.3) is 5.91 Å². The molecule has 0 N–H and O–H groups in total. The molecule has 1 saturated carbocycles. The van der Waals surface area contributed by atoms with Gasteiger partial charge in [0.1, 0.15) is 0 Å². The van der Waals surface area contributed by atoms with Crippen molar-refractivity contribution in [2.45, 2.75) is 18.8 Å². The van der Waals surface area contributed by atoms with Crippen molar-refractivity contribution in [2.75, 3.05) is 32.7 Å². The summed E-state index contributed by atoms with van der Waals surface area (Å²) in [6.07, 6.45) is 6.89. The van der Waals surface area contributed by atoms with Gasteiger partial charge in [0.05, 0.1) is 4.88 Å². The van der Waals surface area contributed by atoms with Gasteiger partial charge in [0.15, 0.2) is 0 Å². The van der Waals surface area contributed by atoms with Crippen LogP contribution in [0.25, 0.3) is 6.08 Å². The van der Waals surface area contributed by atoms with Crippen LogP contribution < -0.4 is 0 Å². The van der Waals surface area contributed by atoms with E-state index in [2.05, 4.69) is 52.8 Å². The smallest absolute Gasteiger partial charge is 0.264 e. The lowest BCUT2D eigenvalue weighted by atomic mass is 10.1. The molecule has 4 rings (SSSR count). The molecule has 1 saturated heterocycles. The minimum atomic E-state index is 0.247. The Morgan fingerprint density at radius 2 is 1.84 bits per heavy atom. The van der Waals surface area contributed by atoms with Gasteiger partial charge in [-0.2, -0.15) is 0 Å². The van der Waals surface area contributed by atoms with E-state index < -0.39 is 0 Å². The Balaban J connectivity index is 1.28. The van der Waals surface area contributed by atoms with Crippen molar-refractivity contribution < 1.29 is 4.79 Å². The van der Waals surface area contributed by atoms with E-state index in [1.54, 1.807) is 11.3 Å². The Bertz CT molecular complexity index is 740. The van der Waals surface area contributed by atoms with Gasteiger partial charge in [-0.25, -0.2) is 0 Å². The van der Waals surface area contributed by atoms with Gasteiger partial charge < -0.3 is 4.90 Å². The second-order valence-electron chi connectivity index (χ2n) is 6.89. The molecular formula is C21H24N2OS. The monoisotopic (exact) mass is 352 g/mol. The van der Waals surface area contributed by atoms with Gasteiger partial charge in [-0.05, 0) is 41.3 Å². The van der Waals surface area contributed by atoms with Crippen LogP contribution in [0.3, 0.4) is 0 Å². The minimum Gasteiger partial charge on any atom is -0.335 e. The molecule has 130 valence electrons. The highest BCUT2D eigenvalue weighted by atomic mass is 32.1. The zero-order valence-electron chi connectivity index (χ0n) is 14.4.